The predicted molar refractivity (Wildman–Crippen MR) is 74.6 cm³/mol. The van der Waals surface area contributed by atoms with Crippen LogP contribution in [0.2, 0.25) is 0 Å². The standard InChI is InChI=1S/C15H15N3O/c1-2-16-10-14-17-18-15(19-14)13-8-7-11-5-3-4-6-12(11)9-13/h3-9,16H,2,10H2,1H3. The van der Waals surface area contributed by atoms with Crippen LogP contribution in [0.25, 0.3) is 22.2 Å². The lowest BCUT2D eigenvalue weighted by Crippen LogP contribution is -2.11. The zero-order valence-electron chi connectivity index (χ0n) is 10.8. The Balaban J connectivity index is 1.92. The zero-order chi connectivity index (χ0) is 13.1. The molecule has 1 heterocycles. The van der Waals surface area contributed by atoms with Crippen molar-refractivity contribution in [2.45, 2.75) is 13.5 Å². The van der Waals surface area contributed by atoms with E-state index in [4.69, 9.17) is 4.42 Å². The zero-order valence-corrected chi connectivity index (χ0v) is 10.8. The van der Waals surface area contributed by atoms with Crippen molar-refractivity contribution in [3.8, 4) is 11.5 Å². The highest BCUT2D eigenvalue weighted by molar-refractivity contribution is 5.86. The molecule has 0 aliphatic rings. The second-order valence-corrected chi connectivity index (χ2v) is 4.34. The molecule has 1 N–H and O–H groups in total. The molecular formula is C15H15N3O. The molecule has 1 aromatic heterocycles. The molecular weight excluding hydrogens is 238 g/mol. The fourth-order valence-corrected chi connectivity index (χ4v) is 2.00. The van der Waals surface area contributed by atoms with Crippen LogP contribution in [0.3, 0.4) is 0 Å². The number of nitrogens with one attached hydrogen (secondary N) is 1. The maximum atomic E-state index is 5.64. The van der Waals surface area contributed by atoms with Gasteiger partial charge in [-0.3, -0.25) is 0 Å². The topological polar surface area (TPSA) is 51.0 Å². The number of benzene rings is 2. The van der Waals surface area contributed by atoms with Crippen molar-refractivity contribution in [3.63, 3.8) is 0 Å². The summed E-state index contributed by atoms with van der Waals surface area (Å²) >= 11 is 0. The van der Waals surface area contributed by atoms with Crippen molar-refractivity contribution in [1.82, 2.24) is 15.5 Å². The number of hydrogen-bond acceptors (Lipinski definition) is 4. The maximum Gasteiger partial charge on any atom is 0.247 e. The quantitative estimate of drug-likeness (QED) is 0.776. The van der Waals surface area contributed by atoms with E-state index in [0.717, 1.165) is 12.1 Å². The third-order valence-electron chi connectivity index (χ3n) is 2.99. The number of rotatable bonds is 4. The van der Waals surface area contributed by atoms with E-state index < -0.39 is 0 Å². The molecule has 3 aromatic rings. The van der Waals surface area contributed by atoms with Crippen LogP contribution in [0.5, 0.6) is 0 Å². The van der Waals surface area contributed by atoms with Gasteiger partial charge in [-0.2, -0.15) is 0 Å². The molecule has 2 aromatic carbocycles. The fraction of sp³-hybridized carbons (Fsp3) is 0.200. The van der Waals surface area contributed by atoms with Crippen molar-refractivity contribution in [3.05, 3.63) is 48.4 Å². The van der Waals surface area contributed by atoms with E-state index in [9.17, 15) is 0 Å². The Morgan fingerprint density at radius 1 is 1.05 bits per heavy atom. The molecule has 3 rings (SSSR count). The van der Waals surface area contributed by atoms with E-state index in [1.165, 1.54) is 10.8 Å². The molecule has 0 atom stereocenters. The molecule has 0 amide bonds. The first-order valence-corrected chi connectivity index (χ1v) is 6.39. The molecule has 0 aliphatic heterocycles. The van der Waals surface area contributed by atoms with E-state index >= 15 is 0 Å². The molecule has 0 bridgehead atoms. The van der Waals surface area contributed by atoms with E-state index in [2.05, 4.69) is 39.8 Å². The van der Waals surface area contributed by atoms with Crippen LogP contribution in [0, 0.1) is 0 Å². The first kappa shape index (κ1) is 11.9. The van der Waals surface area contributed by atoms with Gasteiger partial charge in [-0.1, -0.05) is 37.3 Å². The Labute approximate surface area is 111 Å². The highest BCUT2D eigenvalue weighted by Gasteiger charge is 2.08. The molecule has 0 spiro atoms. The summed E-state index contributed by atoms with van der Waals surface area (Å²) in [5.74, 6) is 1.18. The van der Waals surface area contributed by atoms with Crippen molar-refractivity contribution in [1.29, 1.82) is 0 Å². The summed E-state index contributed by atoms with van der Waals surface area (Å²) < 4.78 is 5.64. The summed E-state index contributed by atoms with van der Waals surface area (Å²) in [6, 6.07) is 14.4. The van der Waals surface area contributed by atoms with Gasteiger partial charge in [0.2, 0.25) is 11.8 Å². The van der Waals surface area contributed by atoms with Crippen LogP contribution in [0.1, 0.15) is 12.8 Å². The molecule has 19 heavy (non-hydrogen) atoms. The van der Waals surface area contributed by atoms with Crippen LogP contribution < -0.4 is 5.32 Å². The molecule has 0 unspecified atom stereocenters. The Morgan fingerprint density at radius 2 is 1.89 bits per heavy atom. The minimum absolute atomic E-state index is 0.568. The SMILES string of the molecule is CCNCc1nnc(-c2ccc3ccccc3c2)o1. The van der Waals surface area contributed by atoms with Crippen molar-refractivity contribution >= 4 is 10.8 Å². The van der Waals surface area contributed by atoms with Gasteiger partial charge in [0.15, 0.2) is 0 Å². The molecule has 96 valence electrons. The molecule has 0 saturated carbocycles. The summed E-state index contributed by atoms with van der Waals surface area (Å²) in [5.41, 5.74) is 0.953. The molecule has 0 radical (unpaired) electrons. The van der Waals surface area contributed by atoms with Crippen LogP contribution in [0.15, 0.2) is 46.9 Å². The maximum absolute atomic E-state index is 5.64. The molecule has 0 saturated heterocycles. The predicted octanol–water partition coefficient (Wildman–Crippen LogP) is 3.00. The second-order valence-electron chi connectivity index (χ2n) is 4.34. The van der Waals surface area contributed by atoms with E-state index in [-0.39, 0.29) is 0 Å². The number of fused-ring (bicyclic) bond motifs is 1. The third kappa shape index (κ3) is 2.48. The van der Waals surface area contributed by atoms with Gasteiger partial charge in [0.1, 0.15) is 0 Å². The van der Waals surface area contributed by atoms with Gasteiger partial charge < -0.3 is 9.73 Å². The van der Waals surface area contributed by atoms with Gasteiger partial charge >= 0.3 is 0 Å². The lowest BCUT2D eigenvalue weighted by Gasteiger charge is -1.99. The van der Waals surface area contributed by atoms with Crippen molar-refractivity contribution in [2.24, 2.45) is 0 Å². The molecule has 0 aliphatic carbocycles. The van der Waals surface area contributed by atoms with Crippen LogP contribution in [0.4, 0.5) is 0 Å². The Morgan fingerprint density at radius 3 is 2.74 bits per heavy atom. The number of nitrogens with zero attached hydrogens (tertiary/aromatic N) is 2. The fourth-order valence-electron chi connectivity index (χ4n) is 2.00. The largest absolute Gasteiger partial charge is 0.419 e. The summed E-state index contributed by atoms with van der Waals surface area (Å²) in [6.45, 7) is 3.53. The van der Waals surface area contributed by atoms with E-state index in [0.29, 0.717) is 18.3 Å². The minimum atomic E-state index is 0.568. The van der Waals surface area contributed by atoms with Crippen molar-refractivity contribution in [2.75, 3.05) is 6.54 Å². The Hall–Kier alpha value is -2.20. The Bertz CT molecular complexity index is 690. The highest BCUT2D eigenvalue weighted by atomic mass is 16.4. The highest BCUT2D eigenvalue weighted by Crippen LogP contribution is 2.23. The summed E-state index contributed by atoms with van der Waals surface area (Å²) in [5, 5.41) is 13.7. The third-order valence-corrected chi connectivity index (χ3v) is 2.99. The summed E-state index contributed by atoms with van der Waals surface area (Å²) in [6.07, 6.45) is 0. The normalized spacial score (nSPS) is 11.0. The van der Waals surface area contributed by atoms with Crippen LogP contribution in [-0.2, 0) is 6.54 Å². The summed E-state index contributed by atoms with van der Waals surface area (Å²) in [7, 11) is 0. The smallest absolute Gasteiger partial charge is 0.247 e. The molecule has 4 nitrogen and oxygen atoms in total. The van der Waals surface area contributed by atoms with E-state index in [1.54, 1.807) is 0 Å². The van der Waals surface area contributed by atoms with Crippen molar-refractivity contribution < 1.29 is 4.42 Å². The average molecular weight is 253 g/mol. The van der Waals surface area contributed by atoms with Gasteiger partial charge in [-0.25, -0.2) is 0 Å². The van der Waals surface area contributed by atoms with Crippen LogP contribution in [-0.4, -0.2) is 16.7 Å². The second kappa shape index (κ2) is 5.20. The van der Waals surface area contributed by atoms with Gasteiger partial charge in [-0.15, -0.1) is 10.2 Å². The lowest BCUT2D eigenvalue weighted by atomic mass is 10.1. The van der Waals surface area contributed by atoms with Gasteiger partial charge in [-0.05, 0) is 29.4 Å². The van der Waals surface area contributed by atoms with Crippen LogP contribution >= 0.6 is 0 Å². The lowest BCUT2D eigenvalue weighted by molar-refractivity contribution is 0.482. The molecule has 4 heteroatoms. The van der Waals surface area contributed by atoms with Gasteiger partial charge in [0, 0.05) is 5.56 Å². The first-order valence-electron chi connectivity index (χ1n) is 6.39. The number of hydrogen-bond donors (Lipinski definition) is 1. The average Bonchev–Trinajstić information content (AvgIpc) is 2.93. The first-order chi connectivity index (χ1) is 9.36. The van der Waals surface area contributed by atoms with Gasteiger partial charge in [0.25, 0.3) is 0 Å². The Kier molecular flexibility index (Phi) is 3.25. The molecule has 0 fully saturated rings. The van der Waals surface area contributed by atoms with E-state index in [1.807, 2.05) is 25.1 Å². The minimum Gasteiger partial charge on any atom is -0.419 e. The summed E-state index contributed by atoms with van der Waals surface area (Å²) in [4.78, 5) is 0. The monoisotopic (exact) mass is 253 g/mol. The van der Waals surface area contributed by atoms with Gasteiger partial charge in [0.05, 0.1) is 6.54 Å². The number of aromatic nitrogens is 2.